The molecule has 1 aromatic rings. The molecule has 0 fully saturated rings. The second-order valence-electron chi connectivity index (χ2n) is 3.36. The van der Waals surface area contributed by atoms with E-state index in [1.807, 2.05) is 0 Å². The van der Waals surface area contributed by atoms with Gasteiger partial charge < -0.3 is 15.9 Å². The SMILES string of the molecule is NC(=O)CC(O)C(O)c1ccc(Cl)c(Cl)c1. The fraction of sp³-hybridized carbons (Fsp3) is 0.300. The zero-order valence-corrected chi connectivity index (χ0v) is 9.74. The molecular formula is C10H11Cl2NO3. The summed E-state index contributed by atoms with van der Waals surface area (Å²) in [5.74, 6) is -0.688. The topological polar surface area (TPSA) is 83.6 Å². The van der Waals surface area contributed by atoms with Crippen molar-refractivity contribution in [3.05, 3.63) is 33.8 Å². The molecule has 1 aromatic carbocycles. The highest BCUT2D eigenvalue weighted by atomic mass is 35.5. The van der Waals surface area contributed by atoms with Gasteiger partial charge in [0, 0.05) is 0 Å². The van der Waals surface area contributed by atoms with Gasteiger partial charge in [-0.15, -0.1) is 0 Å². The van der Waals surface area contributed by atoms with Gasteiger partial charge in [0.2, 0.25) is 5.91 Å². The minimum absolute atomic E-state index is 0.268. The summed E-state index contributed by atoms with van der Waals surface area (Å²) >= 11 is 11.5. The number of halogens is 2. The van der Waals surface area contributed by atoms with Gasteiger partial charge in [-0.2, -0.15) is 0 Å². The number of hydrogen-bond donors (Lipinski definition) is 3. The molecule has 88 valence electrons. The molecule has 0 aliphatic heterocycles. The summed E-state index contributed by atoms with van der Waals surface area (Å²) in [6.07, 6.45) is -2.79. The van der Waals surface area contributed by atoms with E-state index in [4.69, 9.17) is 28.9 Å². The van der Waals surface area contributed by atoms with Gasteiger partial charge in [0.15, 0.2) is 0 Å². The average Bonchev–Trinajstić information content (AvgIpc) is 2.20. The first-order chi connectivity index (χ1) is 7.41. The fourth-order valence-corrected chi connectivity index (χ4v) is 1.54. The highest BCUT2D eigenvalue weighted by Gasteiger charge is 2.20. The van der Waals surface area contributed by atoms with Crippen LogP contribution in [0.3, 0.4) is 0 Å². The second kappa shape index (κ2) is 5.50. The number of primary amides is 1. The number of carbonyl (C=O) groups is 1. The Bertz CT molecular complexity index is 398. The van der Waals surface area contributed by atoms with Crippen molar-refractivity contribution in [3.63, 3.8) is 0 Å². The summed E-state index contributed by atoms with van der Waals surface area (Å²) in [7, 11) is 0. The number of aliphatic hydroxyl groups is 2. The number of carbonyl (C=O) groups excluding carboxylic acids is 1. The maximum Gasteiger partial charge on any atom is 0.220 e. The summed E-state index contributed by atoms with van der Waals surface area (Å²) in [6, 6.07) is 4.45. The third-order valence-electron chi connectivity index (χ3n) is 2.06. The predicted molar refractivity (Wildman–Crippen MR) is 61.2 cm³/mol. The molecule has 2 atom stereocenters. The Morgan fingerprint density at radius 1 is 1.31 bits per heavy atom. The van der Waals surface area contributed by atoms with Crippen molar-refractivity contribution < 1.29 is 15.0 Å². The van der Waals surface area contributed by atoms with Gasteiger partial charge in [-0.05, 0) is 17.7 Å². The minimum Gasteiger partial charge on any atom is -0.390 e. The normalized spacial score (nSPS) is 14.5. The van der Waals surface area contributed by atoms with Gasteiger partial charge in [-0.1, -0.05) is 29.3 Å². The number of hydrogen-bond acceptors (Lipinski definition) is 3. The van der Waals surface area contributed by atoms with Crippen LogP contribution in [0.4, 0.5) is 0 Å². The smallest absolute Gasteiger partial charge is 0.220 e. The van der Waals surface area contributed by atoms with Gasteiger partial charge in [-0.3, -0.25) is 4.79 Å². The van der Waals surface area contributed by atoms with Crippen LogP contribution in [-0.2, 0) is 4.79 Å². The second-order valence-corrected chi connectivity index (χ2v) is 4.17. The standard InChI is InChI=1S/C10H11Cl2NO3/c11-6-2-1-5(3-7(6)12)10(16)8(14)4-9(13)15/h1-3,8,10,14,16H,4H2,(H2,13,15). The molecule has 0 heterocycles. The third-order valence-corrected chi connectivity index (χ3v) is 2.80. The molecule has 0 bridgehead atoms. The molecule has 0 aromatic heterocycles. The summed E-state index contributed by atoms with van der Waals surface area (Å²) in [5, 5.41) is 19.8. The predicted octanol–water partition coefficient (Wildman–Crippen LogP) is 1.26. The molecule has 0 aliphatic carbocycles. The zero-order valence-electron chi connectivity index (χ0n) is 8.23. The maximum absolute atomic E-state index is 10.6. The molecule has 0 spiro atoms. The lowest BCUT2D eigenvalue weighted by Gasteiger charge is -2.17. The molecule has 0 aliphatic rings. The lowest BCUT2D eigenvalue weighted by molar-refractivity contribution is -0.121. The first kappa shape index (κ1) is 13.3. The van der Waals surface area contributed by atoms with Crippen LogP contribution >= 0.6 is 23.2 Å². The first-order valence-corrected chi connectivity index (χ1v) is 5.26. The van der Waals surface area contributed by atoms with Crippen LogP contribution in [0.25, 0.3) is 0 Å². The fourth-order valence-electron chi connectivity index (χ4n) is 1.24. The van der Waals surface area contributed by atoms with Crippen molar-refractivity contribution >= 4 is 29.1 Å². The molecule has 4 N–H and O–H groups in total. The summed E-state index contributed by atoms with van der Waals surface area (Å²) in [5.41, 5.74) is 5.28. The van der Waals surface area contributed by atoms with Gasteiger partial charge in [-0.25, -0.2) is 0 Å². The Morgan fingerprint density at radius 3 is 2.44 bits per heavy atom. The summed E-state index contributed by atoms with van der Waals surface area (Å²) < 4.78 is 0. The van der Waals surface area contributed by atoms with E-state index in [0.717, 1.165) is 0 Å². The Hall–Kier alpha value is -0.810. The van der Waals surface area contributed by atoms with E-state index < -0.39 is 18.1 Å². The third kappa shape index (κ3) is 3.35. The van der Waals surface area contributed by atoms with Crippen LogP contribution in [0.2, 0.25) is 10.0 Å². The van der Waals surface area contributed by atoms with E-state index in [0.29, 0.717) is 10.6 Å². The Kier molecular flexibility index (Phi) is 4.56. The highest BCUT2D eigenvalue weighted by Crippen LogP contribution is 2.27. The number of amides is 1. The first-order valence-electron chi connectivity index (χ1n) is 4.51. The van der Waals surface area contributed by atoms with Gasteiger partial charge in [0.05, 0.1) is 22.6 Å². The van der Waals surface area contributed by atoms with Crippen LogP contribution in [0.1, 0.15) is 18.1 Å². The average molecular weight is 264 g/mol. The van der Waals surface area contributed by atoms with E-state index in [-0.39, 0.29) is 11.4 Å². The minimum atomic E-state index is -1.25. The van der Waals surface area contributed by atoms with Crippen molar-refractivity contribution in [1.82, 2.24) is 0 Å². The van der Waals surface area contributed by atoms with E-state index in [2.05, 4.69) is 0 Å². The summed E-state index contributed by atoms with van der Waals surface area (Å²) in [4.78, 5) is 10.6. The quantitative estimate of drug-likeness (QED) is 0.765. The molecule has 0 radical (unpaired) electrons. The molecule has 0 saturated carbocycles. The van der Waals surface area contributed by atoms with E-state index in [1.54, 1.807) is 0 Å². The van der Waals surface area contributed by atoms with Crippen molar-refractivity contribution in [2.45, 2.75) is 18.6 Å². The zero-order chi connectivity index (χ0) is 12.3. The molecule has 1 amide bonds. The van der Waals surface area contributed by atoms with Gasteiger partial charge in [0.1, 0.15) is 6.10 Å². The molecule has 4 nitrogen and oxygen atoms in total. The molecular weight excluding hydrogens is 253 g/mol. The Balaban J connectivity index is 2.83. The summed E-state index contributed by atoms with van der Waals surface area (Å²) in [6.45, 7) is 0. The van der Waals surface area contributed by atoms with Crippen LogP contribution in [0, 0.1) is 0 Å². The van der Waals surface area contributed by atoms with Crippen molar-refractivity contribution in [3.8, 4) is 0 Å². The Morgan fingerprint density at radius 2 is 1.94 bits per heavy atom. The Labute approximate surface area is 103 Å². The van der Waals surface area contributed by atoms with Crippen molar-refractivity contribution in [2.24, 2.45) is 5.73 Å². The number of nitrogens with two attached hydrogens (primary N) is 1. The van der Waals surface area contributed by atoms with E-state index >= 15 is 0 Å². The molecule has 1 rings (SSSR count). The maximum atomic E-state index is 10.6. The molecule has 16 heavy (non-hydrogen) atoms. The van der Waals surface area contributed by atoms with E-state index in [1.165, 1.54) is 18.2 Å². The lowest BCUT2D eigenvalue weighted by Crippen LogP contribution is -2.25. The van der Waals surface area contributed by atoms with Crippen LogP contribution < -0.4 is 5.73 Å². The van der Waals surface area contributed by atoms with Crippen LogP contribution in [0.5, 0.6) is 0 Å². The lowest BCUT2D eigenvalue weighted by atomic mass is 10.0. The van der Waals surface area contributed by atoms with E-state index in [9.17, 15) is 15.0 Å². The van der Waals surface area contributed by atoms with Gasteiger partial charge >= 0.3 is 0 Å². The number of benzene rings is 1. The highest BCUT2D eigenvalue weighted by molar-refractivity contribution is 6.42. The molecule has 0 saturated heterocycles. The van der Waals surface area contributed by atoms with Crippen molar-refractivity contribution in [2.75, 3.05) is 0 Å². The molecule has 6 heteroatoms. The van der Waals surface area contributed by atoms with Crippen LogP contribution in [-0.4, -0.2) is 22.2 Å². The van der Waals surface area contributed by atoms with Crippen molar-refractivity contribution in [1.29, 1.82) is 0 Å². The monoisotopic (exact) mass is 263 g/mol. The van der Waals surface area contributed by atoms with Gasteiger partial charge in [0.25, 0.3) is 0 Å². The molecule has 2 unspecified atom stereocenters. The number of rotatable bonds is 4. The number of aliphatic hydroxyl groups excluding tert-OH is 2. The van der Waals surface area contributed by atoms with Crippen LogP contribution in [0.15, 0.2) is 18.2 Å². The largest absolute Gasteiger partial charge is 0.390 e.